The normalized spacial score (nSPS) is 18.8. The quantitative estimate of drug-likeness (QED) is 0.862. The number of hydrogen-bond donors (Lipinski definition) is 1. The summed E-state index contributed by atoms with van der Waals surface area (Å²) in [6.07, 6.45) is 3.66. The molecule has 7 heteroatoms. The van der Waals surface area contributed by atoms with Gasteiger partial charge in [-0.05, 0) is 25.0 Å². The Morgan fingerprint density at radius 1 is 1.32 bits per heavy atom. The van der Waals surface area contributed by atoms with Crippen molar-refractivity contribution in [2.24, 2.45) is 0 Å². The zero-order valence-electron chi connectivity index (χ0n) is 15.4. The summed E-state index contributed by atoms with van der Waals surface area (Å²) in [6, 6.07) is 3.81. The highest BCUT2D eigenvalue weighted by molar-refractivity contribution is 5.40. The summed E-state index contributed by atoms with van der Waals surface area (Å²) in [4.78, 5) is 18.0. The van der Waals surface area contributed by atoms with Crippen LogP contribution in [0.5, 0.6) is 0 Å². The molecule has 25 heavy (non-hydrogen) atoms. The Bertz CT molecular complexity index is 661. The Morgan fingerprint density at radius 2 is 2.12 bits per heavy atom. The minimum atomic E-state index is -0.611. The molecule has 0 aromatic carbocycles. The summed E-state index contributed by atoms with van der Waals surface area (Å²) in [6.45, 7) is 5.06. The zero-order chi connectivity index (χ0) is 18.0. The van der Waals surface area contributed by atoms with Crippen LogP contribution in [0.1, 0.15) is 56.7 Å². The molecule has 1 saturated heterocycles. The van der Waals surface area contributed by atoms with Gasteiger partial charge in [-0.25, -0.2) is 0 Å². The highest BCUT2D eigenvalue weighted by Crippen LogP contribution is 2.31. The molecule has 0 amide bonds. The van der Waals surface area contributed by atoms with Crippen LogP contribution in [0.2, 0.25) is 0 Å². The third-order valence-electron chi connectivity index (χ3n) is 4.55. The van der Waals surface area contributed by atoms with Gasteiger partial charge in [-0.1, -0.05) is 13.8 Å². The van der Waals surface area contributed by atoms with E-state index in [0.717, 1.165) is 25.2 Å². The van der Waals surface area contributed by atoms with E-state index in [4.69, 9.17) is 4.42 Å². The largest absolute Gasteiger partial charge is 0.467 e. The third-order valence-corrected chi connectivity index (χ3v) is 4.55. The molecule has 136 valence electrons. The maximum atomic E-state index is 10.4. The smallest absolute Gasteiger partial charge is 0.230 e. The topological polar surface area (TPSA) is 78.5 Å². The molecule has 3 heterocycles. The maximum absolute atomic E-state index is 10.4. The second-order valence-electron chi connectivity index (χ2n) is 7.10. The number of aromatic nitrogens is 3. The Hall–Kier alpha value is -2.15. The highest BCUT2D eigenvalue weighted by atomic mass is 16.4. The first-order chi connectivity index (χ1) is 12.0. The second kappa shape index (κ2) is 7.39. The van der Waals surface area contributed by atoms with Gasteiger partial charge in [0.05, 0.1) is 6.26 Å². The molecule has 0 radical (unpaired) electrons. The SMILES string of the molecule is CC(C)c1nc(N(C)C)nc(N2CCCC2CC(O)c2ccco2)n1. The van der Waals surface area contributed by atoms with Crippen LogP contribution in [0.15, 0.2) is 22.8 Å². The van der Waals surface area contributed by atoms with E-state index in [1.165, 1.54) is 0 Å². The summed E-state index contributed by atoms with van der Waals surface area (Å²) in [7, 11) is 3.87. The fraction of sp³-hybridized carbons (Fsp3) is 0.611. The molecule has 2 atom stereocenters. The van der Waals surface area contributed by atoms with Crippen molar-refractivity contribution >= 4 is 11.9 Å². The van der Waals surface area contributed by atoms with Crippen LogP contribution >= 0.6 is 0 Å². The molecular formula is C18H27N5O2. The molecule has 2 aromatic heterocycles. The van der Waals surface area contributed by atoms with Gasteiger partial charge in [0.2, 0.25) is 11.9 Å². The molecular weight excluding hydrogens is 318 g/mol. The Labute approximate surface area is 148 Å². The van der Waals surface area contributed by atoms with Crippen molar-refractivity contribution in [2.75, 3.05) is 30.4 Å². The van der Waals surface area contributed by atoms with Gasteiger partial charge >= 0.3 is 0 Å². The van der Waals surface area contributed by atoms with E-state index in [0.29, 0.717) is 24.1 Å². The number of anilines is 2. The van der Waals surface area contributed by atoms with Crippen molar-refractivity contribution < 1.29 is 9.52 Å². The van der Waals surface area contributed by atoms with E-state index in [9.17, 15) is 5.11 Å². The van der Waals surface area contributed by atoms with Crippen LogP contribution in [-0.4, -0.2) is 46.7 Å². The fourth-order valence-electron chi connectivity index (χ4n) is 3.15. The lowest BCUT2D eigenvalue weighted by molar-refractivity contribution is 0.132. The van der Waals surface area contributed by atoms with Crippen LogP contribution in [0.3, 0.4) is 0 Å². The standard InChI is InChI=1S/C18H27N5O2/c1-12(2)16-19-17(22(3)4)21-18(20-16)23-9-5-7-13(23)11-14(24)15-8-6-10-25-15/h6,8,10,12-14,24H,5,7,9,11H2,1-4H3. The minimum absolute atomic E-state index is 0.192. The van der Waals surface area contributed by atoms with E-state index >= 15 is 0 Å². The van der Waals surface area contributed by atoms with Crippen LogP contribution in [0.25, 0.3) is 0 Å². The van der Waals surface area contributed by atoms with Crippen molar-refractivity contribution in [3.63, 3.8) is 0 Å². The molecule has 1 fully saturated rings. The predicted molar refractivity (Wildman–Crippen MR) is 96.9 cm³/mol. The third kappa shape index (κ3) is 3.92. The van der Waals surface area contributed by atoms with E-state index in [-0.39, 0.29) is 12.0 Å². The lowest BCUT2D eigenvalue weighted by Crippen LogP contribution is -2.33. The Balaban J connectivity index is 1.84. The van der Waals surface area contributed by atoms with Crippen molar-refractivity contribution in [1.29, 1.82) is 0 Å². The van der Waals surface area contributed by atoms with E-state index < -0.39 is 6.10 Å². The van der Waals surface area contributed by atoms with Crippen LogP contribution in [-0.2, 0) is 0 Å². The molecule has 2 aromatic rings. The van der Waals surface area contributed by atoms with E-state index in [1.54, 1.807) is 12.3 Å². The van der Waals surface area contributed by atoms with Gasteiger partial charge < -0.3 is 19.3 Å². The van der Waals surface area contributed by atoms with Gasteiger partial charge in [0, 0.05) is 39.0 Å². The van der Waals surface area contributed by atoms with Gasteiger partial charge in [0.1, 0.15) is 17.7 Å². The summed E-state index contributed by atoms with van der Waals surface area (Å²) in [5.74, 6) is 3.02. The average molecular weight is 345 g/mol. The van der Waals surface area contributed by atoms with Gasteiger partial charge in [0.15, 0.2) is 0 Å². The fourth-order valence-corrected chi connectivity index (χ4v) is 3.15. The van der Waals surface area contributed by atoms with Crippen LogP contribution < -0.4 is 9.80 Å². The van der Waals surface area contributed by atoms with Crippen LogP contribution in [0, 0.1) is 0 Å². The summed E-state index contributed by atoms with van der Waals surface area (Å²) in [5, 5.41) is 10.4. The highest BCUT2D eigenvalue weighted by Gasteiger charge is 2.30. The number of furan rings is 1. The number of hydrogen-bond acceptors (Lipinski definition) is 7. The van der Waals surface area contributed by atoms with Crippen LogP contribution in [0.4, 0.5) is 11.9 Å². The average Bonchev–Trinajstić information content (AvgIpc) is 3.25. The summed E-state index contributed by atoms with van der Waals surface area (Å²) < 4.78 is 5.33. The lowest BCUT2D eigenvalue weighted by Gasteiger charge is -2.27. The second-order valence-corrected chi connectivity index (χ2v) is 7.10. The van der Waals surface area contributed by atoms with Gasteiger partial charge in [0.25, 0.3) is 0 Å². The molecule has 7 nitrogen and oxygen atoms in total. The number of aliphatic hydroxyl groups excluding tert-OH is 1. The number of aliphatic hydroxyl groups is 1. The predicted octanol–water partition coefficient (Wildman–Crippen LogP) is 2.75. The van der Waals surface area contributed by atoms with E-state index in [2.05, 4.69) is 33.7 Å². The molecule has 0 saturated carbocycles. The molecule has 0 aliphatic carbocycles. The zero-order valence-corrected chi connectivity index (χ0v) is 15.4. The molecule has 1 N–H and O–H groups in total. The molecule has 3 rings (SSSR count). The summed E-state index contributed by atoms with van der Waals surface area (Å²) >= 11 is 0. The number of nitrogens with zero attached hydrogens (tertiary/aromatic N) is 5. The minimum Gasteiger partial charge on any atom is -0.467 e. The molecule has 0 spiro atoms. The van der Waals surface area contributed by atoms with Gasteiger partial charge in [-0.2, -0.15) is 15.0 Å². The van der Waals surface area contributed by atoms with E-state index in [1.807, 2.05) is 25.1 Å². The van der Waals surface area contributed by atoms with Crippen molar-refractivity contribution in [2.45, 2.75) is 51.2 Å². The van der Waals surface area contributed by atoms with Crippen molar-refractivity contribution in [3.05, 3.63) is 30.0 Å². The lowest BCUT2D eigenvalue weighted by atomic mass is 10.1. The van der Waals surface area contributed by atoms with Crippen molar-refractivity contribution in [3.8, 4) is 0 Å². The maximum Gasteiger partial charge on any atom is 0.230 e. The van der Waals surface area contributed by atoms with Gasteiger partial charge in [-0.3, -0.25) is 0 Å². The number of rotatable bonds is 6. The first kappa shape index (κ1) is 17.7. The Kier molecular flexibility index (Phi) is 5.22. The molecule has 2 unspecified atom stereocenters. The first-order valence-electron chi connectivity index (χ1n) is 8.87. The molecule has 0 bridgehead atoms. The van der Waals surface area contributed by atoms with Crippen molar-refractivity contribution in [1.82, 2.24) is 15.0 Å². The molecule has 1 aliphatic heterocycles. The first-order valence-corrected chi connectivity index (χ1v) is 8.87. The Morgan fingerprint density at radius 3 is 2.76 bits per heavy atom. The summed E-state index contributed by atoms with van der Waals surface area (Å²) in [5.41, 5.74) is 0. The monoisotopic (exact) mass is 345 g/mol. The van der Waals surface area contributed by atoms with Gasteiger partial charge in [-0.15, -0.1) is 0 Å². The molecule has 1 aliphatic rings.